The summed E-state index contributed by atoms with van der Waals surface area (Å²) in [5.41, 5.74) is 6.44. The molecule has 0 spiro atoms. The van der Waals surface area contributed by atoms with E-state index in [-0.39, 0.29) is 0 Å². The number of benzene rings is 1. The summed E-state index contributed by atoms with van der Waals surface area (Å²) in [5.74, 6) is 1.45. The molecule has 0 aliphatic rings. The highest BCUT2D eigenvalue weighted by Crippen LogP contribution is 2.28. The van der Waals surface area contributed by atoms with Crippen LogP contribution < -0.4 is 5.73 Å². The predicted molar refractivity (Wildman–Crippen MR) is 62.4 cm³/mol. The number of nitrogens with zero attached hydrogens (tertiary/aromatic N) is 1. The van der Waals surface area contributed by atoms with Crippen LogP contribution in [0.1, 0.15) is 5.89 Å². The molecular weight excluding hydrogens is 256 g/mol. The largest absolute Gasteiger partial charge is 0.441 e. The Labute approximate surface area is 96.4 Å². The molecule has 0 aliphatic carbocycles. The highest BCUT2D eigenvalue weighted by molar-refractivity contribution is 9.10. The Morgan fingerprint density at radius 3 is 2.87 bits per heavy atom. The molecule has 4 heteroatoms. The maximum Gasteiger partial charge on any atom is 0.196 e. The molecule has 0 aliphatic heterocycles. The van der Waals surface area contributed by atoms with E-state index in [1.165, 1.54) is 0 Å². The number of oxazole rings is 1. The summed E-state index contributed by atoms with van der Waals surface area (Å²) in [6, 6.07) is 7.88. The number of hydrogen-bond acceptors (Lipinski definition) is 3. The topological polar surface area (TPSA) is 52.0 Å². The molecule has 0 amide bonds. The van der Waals surface area contributed by atoms with Crippen molar-refractivity contribution in [2.24, 2.45) is 5.73 Å². The third kappa shape index (κ3) is 2.27. The Bertz CT molecular complexity index is 453. The second-order valence-electron chi connectivity index (χ2n) is 3.14. The van der Waals surface area contributed by atoms with Crippen molar-refractivity contribution in [1.82, 2.24) is 4.98 Å². The van der Waals surface area contributed by atoms with Gasteiger partial charge in [0.2, 0.25) is 0 Å². The maximum absolute atomic E-state index is 5.57. The number of rotatable bonds is 3. The van der Waals surface area contributed by atoms with Gasteiger partial charge in [-0.05, 0) is 6.07 Å². The van der Waals surface area contributed by atoms with Gasteiger partial charge in [-0.2, -0.15) is 0 Å². The maximum atomic E-state index is 5.57. The van der Waals surface area contributed by atoms with Gasteiger partial charge in [0, 0.05) is 23.0 Å². The van der Waals surface area contributed by atoms with Crippen LogP contribution in [0.25, 0.3) is 11.3 Å². The zero-order chi connectivity index (χ0) is 10.7. The molecule has 3 nitrogen and oxygen atoms in total. The predicted octanol–water partition coefficient (Wildman–Crippen LogP) is 2.61. The molecule has 2 N–H and O–H groups in total. The van der Waals surface area contributed by atoms with Crippen LogP contribution in [0, 0.1) is 0 Å². The van der Waals surface area contributed by atoms with Gasteiger partial charge in [0.25, 0.3) is 0 Å². The number of hydrogen-bond donors (Lipinski definition) is 1. The minimum atomic E-state index is 0.552. The molecule has 2 aromatic rings. The third-order valence-electron chi connectivity index (χ3n) is 2.05. The van der Waals surface area contributed by atoms with Crippen molar-refractivity contribution in [3.63, 3.8) is 0 Å². The standard InChI is InChI=1S/C11H11BrN2O/c12-9-4-2-1-3-8(9)10-7-14-11(15-10)5-6-13/h1-4,7H,5-6,13H2. The minimum absolute atomic E-state index is 0.552. The highest BCUT2D eigenvalue weighted by atomic mass is 79.9. The van der Waals surface area contributed by atoms with E-state index in [0.717, 1.165) is 15.8 Å². The number of nitrogens with two attached hydrogens (primary N) is 1. The normalized spacial score (nSPS) is 10.5. The number of halogens is 1. The fourth-order valence-corrected chi connectivity index (χ4v) is 1.82. The number of aromatic nitrogens is 1. The minimum Gasteiger partial charge on any atom is -0.441 e. The molecule has 15 heavy (non-hydrogen) atoms. The van der Waals surface area contributed by atoms with Crippen molar-refractivity contribution in [2.45, 2.75) is 6.42 Å². The lowest BCUT2D eigenvalue weighted by Gasteiger charge is -1.98. The molecule has 2 rings (SSSR count). The molecule has 0 unspecified atom stereocenters. The summed E-state index contributed by atoms with van der Waals surface area (Å²) in [5, 5.41) is 0. The molecule has 0 atom stereocenters. The van der Waals surface area contributed by atoms with Crippen LogP contribution in [-0.2, 0) is 6.42 Å². The monoisotopic (exact) mass is 266 g/mol. The molecule has 0 fully saturated rings. The molecule has 1 heterocycles. The SMILES string of the molecule is NCCc1ncc(-c2ccccc2Br)o1. The van der Waals surface area contributed by atoms with Crippen molar-refractivity contribution in [2.75, 3.05) is 6.54 Å². The van der Waals surface area contributed by atoms with E-state index in [0.29, 0.717) is 18.9 Å². The lowest BCUT2D eigenvalue weighted by atomic mass is 10.2. The Morgan fingerprint density at radius 1 is 1.33 bits per heavy atom. The molecular formula is C11H11BrN2O. The summed E-state index contributed by atoms with van der Waals surface area (Å²) >= 11 is 3.47. The highest BCUT2D eigenvalue weighted by Gasteiger charge is 2.08. The smallest absolute Gasteiger partial charge is 0.196 e. The fourth-order valence-electron chi connectivity index (χ4n) is 1.33. The van der Waals surface area contributed by atoms with Gasteiger partial charge in [0.15, 0.2) is 11.7 Å². The first-order valence-electron chi connectivity index (χ1n) is 4.71. The van der Waals surface area contributed by atoms with Crippen molar-refractivity contribution in [3.8, 4) is 11.3 Å². The molecule has 78 valence electrons. The first kappa shape index (κ1) is 10.4. The second kappa shape index (κ2) is 4.59. The Balaban J connectivity index is 2.33. The van der Waals surface area contributed by atoms with Crippen molar-refractivity contribution in [3.05, 3.63) is 40.8 Å². The van der Waals surface area contributed by atoms with Crippen LogP contribution in [0.4, 0.5) is 0 Å². The van der Waals surface area contributed by atoms with Crippen LogP contribution in [-0.4, -0.2) is 11.5 Å². The van der Waals surface area contributed by atoms with E-state index in [9.17, 15) is 0 Å². The molecule has 0 saturated heterocycles. The zero-order valence-electron chi connectivity index (χ0n) is 8.11. The molecule has 1 aromatic heterocycles. The van der Waals surface area contributed by atoms with Gasteiger partial charge in [0.05, 0.1) is 6.20 Å². The van der Waals surface area contributed by atoms with Gasteiger partial charge in [-0.15, -0.1) is 0 Å². The molecule has 0 saturated carbocycles. The van der Waals surface area contributed by atoms with Gasteiger partial charge >= 0.3 is 0 Å². The van der Waals surface area contributed by atoms with Gasteiger partial charge in [-0.3, -0.25) is 0 Å². The van der Waals surface area contributed by atoms with E-state index in [1.807, 2.05) is 24.3 Å². The molecule has 0 bridgehead atoms. The van der Waals surface area contributed by atoms with Crippen LogP contribution in [0.3, 0.4) is 0 Å². The fraction of sp³-hybridized carbons (Fsp3) is 0.182. The van der Waals surface area contributed by atoms with Crippen molar-refractivity contribution in [1.29, 1.82) is 0 Å². The van der Waals surface area contributed by atoms with E-state index in [1.54, 1.807) is 6.20 Å². The average Bonchev–Trinajstić information content (AvgIpc) is 2.68. The Hall–Kier alpha value is -1.13. The van der Waals surface area contributed by atoms with E-state index in [4.69, 9.17) is 10.2 Å². The van der Waals surface area contributed by atoms with Gasteiger partial charge < -0.3 is 10.2 Å². The van der Waals surface area contributed by atoms with Gasteiger partial charge in [0.1, 0.15) is 0 Å². The Morgan fingerprint density at radius 2 is 2.13 bits per heavy atom. The lowest BCUT2D eigenvalue weighted by molar-refractivity contribution is 0.508. The first-order valence-corrected chi connectivity index (χ1v) is 5.50. The van der Waals surface area contributed by atoms with Gasteiger partial charge in [-0.25, -0.2) is 4.98 Å². The summed E-state index contributed by atoms with van der Waals surface area (Å²) in [4.78, 5) is 4.16. The van der Waals surface area contributed by atoms with Crippen LogP contribution in [0.2, 0.25) is 0 Å². The summed E-state index contributed by atoms with van der Waals surface area (Å²) in [6.07, 6.45) is 2.40. The quantitative estimate of drug-likeness (QED) is 0.929. The molecule has 0 radical (unpaired) electrons. The van der Waals surface area contributed by atoms with E-state index < -0.39 is 0 Å². The lowest BCUT2D eigenvalue weighted by Crippen LogP contribution is -2.02. The second-order valence-corrected chi connectivity index (χ2v) is 3.99. The van der Waals surface area contributed by atoms with E-state index in [2.05, 4.69) is 20.9 Å². The van der Waals surface area contributed by atoms with Crippen LogP contribution >= 0.6 is 15.9 Å². The van der Waals surface area contributed by atoms with Crippen molar-refractivity contribution < 1.29 is 4.42 Å². The Kier molecular flexibility index (Phi) is 3.18. The van der Waals surface area contributed by atoms with Crippen molar-refractivity contribution >= 4 is 15.9 Å². The van der Waals surface area contributed by atoms with Gasteiger partial charge in [-0.1, -0.05) is 34.1 Å². The van der Waals surface area contributed by atoms with E-state index >= 15 is 0 Å². The van der Waals surface area contributed by atoms with Crippen LogP contribution in [0.5, 0.6) is 0 Å². The first-order chi connectivity index (χ1) is 7.31. The average molecular weight is 267 g/mol. The van der Waals surface area contributed by atoms with Crippen LogP contribution in [0.15, 0.2) is 39.4 Å². The third-order valence-corrected chi connectivity index (χ3v) is 2.74. The molecule has 1 aromatic carbocycles. The zero-order valence-corrected chi connectivity index (χ0v) is 9.70. The summed E-state index contributed by atoms with van der Waals surface area (Å²) in [6.45, 7) is 0.552. The summed E-state index contributed by atoms with van der Waals surface area (Å²) < 4.78 is 6.57. The summed E-state index contributed by atoms with van der Waals surface area (Å²) in [7, 11) is 0.